The molecule has 2 aliphatic heterocycles. The monoisotopic (exact) mass is 239 g/mol. The summed E-state index contributed by atoms with van der Waals surface area (Å²) in [5.74, 6) is 2.14. The van der Waals surface area contributed by atoms with E-state index >= 15 is 0 Å². The van der Waals surface area contributed by atoms with Crippen LogP contribution in [-0.4, -0.2) is 19.9 Å². The lowest BCUT2D eigenvalue weighted by atomic mass is 9.93. The van der Waals surface area contributed by atoms with E-state index in [1.807, 2.05) is 6.07 Å². The number of halogens is 1. The zero-order chi connectivity index (χ0) is 11.1. The quantitative estimate of drug-likeness (QED) is 0.817. The first kappa shape index (κ1) is 10.2. The van der Waals surface area contributed by atoms with Crippen LogP contribution in [0.3, 0.4) is 0 Å². The highest BCUT2D eigenvalue weighted by molar-refractivity contribution is 6.31. The van der Waals surface area contributed by atoms with Crippen molar-refractivity contribution in [1.29, 1.82) is 0 Å². The minimum atomic E-state index is 0.304. The van der Waals surface area contributed by atoms with Crippen molar-refractivity contribution in [1.82, 2.24) is 5.32 Å². The zero-order valence-corrected chi connectivity index (χ0v) is 9.93. The van der Waals surface area contributed by atoms with Crippen LogP contribution in [0.5, 0.6) is 11.5 Å². The van der Waals surface area contributed by atoms with Gasteiger partial charge in [0.2, 0.25) is 6.79 Å². The zero-order valence-electron chi connectivity index (χ0n) is 9.18. The maximum Gasteiger partial charge on any atom is 0.231 e. The van der Waals surface area contributed by atoms with E-state index in [0.717, 1.165) is 41.6 Å². The van der Waals surface area contributed by atoms with Crippen LogP contribution in [-0.2, 0) is 0 Å². The fourth-order valence-electron chi connectivity index (χ4n) is 2.59. The van der Waals surface area contributed by atoms with Gasteiger partial charge in [0.15, 0.2) is 11.5 Å². The van der Waals surface area contributed by atoms with Crippen LogP contribution in [0.2, 0.25) is 5.02 Å². The van der Waals surface area contributed by atoms with Crippen LogP contribution < -0.4 is 14.8 Å². The summed E-state index contributed by atoms with van der Waals surface area (Å²) >= 11 is 6.33. The SMILES string of the molecule is Cc1c2c(cc(Cl)c1C1CCNC1)OCO2. The van der Waals surface area contributed by atoms with E-state index in [2.05, 4.69) is 12.2 Å². The second kappa shape index (κ2) is 3.82. The van der Waals surface area contributed by atoms with E-state index in [0.29, 0.717) is 12.7 Å². The van der Waals surface area contributed by atoms with E-state index in [-0.39, 0.29) is 0 Å². The van der Waals surface area contributed by atoms with Crippen LogP contribution in [0.25, 0.3) is 0 Å². The second-order valence-electron chi connectivity index (χ2n) is 4.32. The van der Waals surface area contributed by atoms with Gasteiger partial charge < -0.3 is 14.8 Å². The largest absolute Gasteiger partial charge is 0.454 e. The Morgan fingerprint density at radius 1 is 1.44 bits per heavy atom. The molecular weight excluding hydrogens is 226 g/mol. The van der Waals surface area contributed by atoms with Crippen molar-refractivity contribution >= 4 is 11.6 Å². The van der Waals surface area contributed by atoms with E-state index in [1.54, 1.807) is 0 Å². The van der Waals surface area contributed by atoms with Crippen LogP contribution in [0.1, 0.15) is 23.5 Å². The van der Waals surface area contributed by atoms with Gasteiger partial charge in [-0.15, -0.1) is 0 Å². The summed E-state index contributed by atoms with van der Waals surface area (Å²) in [6, 6.07) is 1.88. The lowest BCUT2D eigenvalue weighted by molar-refractivity contribution is 0.173. The molecule has 0 aliphatic carbocycles. The summed E-state index contributed by atoms with van der Waals surface area (Å²) in [6.07, 6.45) is 1.14. The molecule has 86 valence electrons. The Balaban J connectivity index is 2.10. The predicted molar refractivity (Wildman–Crippen MR) is 62.5 cm³/mol. The molecule has 2 aliphatic rings. The highest BCUT2D eigenvalue weighted by Crippen LogP contribution is 2.44. The Morgan fingerprint density at radius 2 is 2.31 bits per heavy atom. The van der Waals surface area contributed by atoms with Crippen molar-refractivity contribution in [3.8, 4) is 11.5 Å². The van der Waals surface area contributed by atoms with Crippen LogP contribution in [0, 0.1) is 6.92 Å². The summed E-state index contributed by atoms with van der Waals surface area (Å²) < 4.78 is 10.8. The molecule has 1 aromatic rings. The molecule has 0 aromatic heterocycles. The molecular formula is C12H14ClNO2. The third-order valence-corrected chi connectivity index (χ3v) is 3.68. The Labute approximate surface area is 99.7 Å². The van der Waals surface area contributed by atoms with Gasteiger partial charge in [0.25, 0.3) is 0 Å². The Kier molecular flexibility index (Phi) is 2.45. The third-order valence-electron chi connectivity index (χ3n) is 3.37. The smallest absolute Gasteiger partial charge is 0.231 e. The topological polar surface area (TPSA) is 30.5 Å². The lowest BCUT2D eigenvalue weighted by Gasteiger charge is -2.16. The molecule has 1 saturated heterocycles. The van der Waals surface area contributed by atoms with Gasteiger partial charge in [-0.25, -0.2) is 0 Å². The standard InChI is InChI=1S/C12H14ClNO2/c1-7-11(8-2-3-14-5-8)9(13)4-10-12(7)16-6-15-10/h4,8,14H,2-3,5-6H2,1H3. The molecule has 0 bridgehead atoms. The maximum atomic E-state index is 6.33. The number of benzene rings is 1. The molecule has 1 atom stereocenters. The first-order chi connectivity index (χ1) is 7.77. The van der Waals surface area contributed by atoms with Gasteiger partial charge in [-0.2, -0.15) is 0 Å². The maximum absolute atomic E-state index is 6.33. The summed E-state index contributed by atoms with van der Waals surface area (Å²) in [5.41, 5.74) is 2.35. The molecule has 0 saturated carbocycles. The van der Waals surface area contributed by atoms with Gasteiger partial charge >= 0.3 is 0 Å². The van der Waals surface area contributed by atoms with Crippen LogP contribution >= 0.6 is 11.6 Å². The van der Waals surface area contributed by atoms with E-state index in [4.69, 9.17) is 21.1 Å². The van der Waals surface area contributed by atoms with E-state index < -0.39 is 0 Å². The highest BCUT2D eigenvalue weighted by atomic mass is 35.5. The highest BCUT2D eigenvalue weighted by Gasteiger charge is 2.27. The number of ether oxygens (including phenoxy) is 2. The summed E-state index contributed by atoms with van der Waals surface area (Å²) in [7, 11) is 0. The number of hydrogen-bond donors (Lipinski definition) is 1. The molecule has 0 radical (unpaired) electrons. The van der Waals surface area contributed by atoms with Gasteiger partial charge in [0, 0.05) is 23.2 Å². The van der Waals surface area contributed by atoms with Crippen molar-refractivity contribution in [2.45, 2.75) is 19.3 Å². The number of nitrogens with one attached hydrogen (secondary N) is 1. The molecule has 3 rings (SSSR count). The lowest BCUT2D eigenvalue weighted by Crippen LogP contribution is -2.09. The molecule has 3 nitrogen and oxygen atoms in total. The average molecular weight is 240 g/mol. The van der Waals surface area contributed by atoms with E-state index in [9.17, 15) is 0 Å². The van der Waals surface area contributed by atoms with Gasteiger partial charge in [-0.1, -0.05) is 11.6 Å². The van der Waals surface area contributed by atoms with Crippen molar-refractivity contribution < 1.29 is 9.47 Å². The molecule has 1 unspecified atom stereocenters. The molecule has 0 amide bonds. The first-order valence-electron chi connectivity index (χ1n) is 5.56. The van der Waals surface area contributed by atoms with Crippen molar-refractivity contribution in [3.05, 3.63) is 22.2 Å². The third kappa shape index (κ3) is 1.46. The van der Waals surface area contributed by atoms with E-state index in [1.165, 1.54) is 5.56 Å². The van der Waals surface area contributed by atoms with Crippen LogP contribution in [0.15, 0.2) is 6.07 Å². The second-order valence-corrected chi connectivity index (χ2v) is 4.73. The molecule has 1 N–H and O–H groups in total. The molecule has 2 heterocycles. The van der Waals surface area contributed by atoms with Crippen LogP contribution in [0.4, 0.5) is 0 Å². The molecule has 0 spiro atoms. The number of rotatable bonds is 1. The van der Waals surface area contributed by atoms with Gasteiger partial charge in [0.05, 0.1) is 0 Å². The van der Waals surface area contributed by atoms with Gasteiger partial charge in [-0.05, 0) is 31.4 Å². The minimum Gasteiger partial charge on any atom is -0.454 e. The molecule has 1 fully saturated rings. The van der Waals surface area contributed by atoms with Gasteiger partial charge in [-0.3, -0.25) is 0 Å². The number of hydrogen-bond acceptors (Lipinski definition) is 3. The average Bonchev–Trinajstić information content (AvgIpc) is 2.87. The van der Waals surface area contributed by atoms with Crippen molar-refractivity contribution in [2.75, 3.05) is 19.9 Å². The predicted octanol–water partition coefficient (Wildman–Crippen LogP) is 2.45. The molecule has 1 aromatic carbocycles. The summed E-state index contributed by atoms with van der Waals surface area (Å²) in [4.78, 5) is 0. The molecule has 16 heavy (non-hydrogen) atoms. The van der Waals surface area contributed by atoms with Crippen molar-refractivity contribution in [3.63, 3.8) is 0 Å². The Morgan fingerprint density at radius 3 is 3.06 bits per heavy atom. The fourth-order valence-corrected chi connectivity index (χ4v) is 2.98. The fraction of sp³-hybridized carbons (Fsp3) is 0.500. The Bertz CT molecular complexity index is 428. The number of fused-ring (bicyclic) bond motifs is 1. The van der Waals surface area contributed by atoms with Gasteiger partial charge in [0.1, 0.15) is 0 Å². The summed E-state index contributed by atoms with van der Waals surface area (Å²) in [5, 5.41) is 4.16. The first-order valence-corrected chi connectivity index (χ1v) is 5.94. The molecule has 4 heteroatoms. The summed E-state index contributed by atoms with van der Waals surface area (Å²) in [6.45, 7) is 4.43. The normalized spacial score (nSPS) is 22.8. The Hall–Kier alpha value is -0.930. The minimum absolute atomic E-state index is 0.304. The van der Waals surface area contributed by atoms with Crippen molar-refractivity contribution in [2.24, 2.45) is 0 Å².